The van der Waals surface area contributed by atoms with Crippen LogP contribution in [-0.4, -0.2) is 44.7 Å². The van der Waals surface area contributed by atoms with Crippen LogP contribution in [0.5, 0.6) is 0 Å². The number of likely N-dealkylation sites (N-methyl/N-ethyl adjacent to an activating group) is 1. The van der Waals surface area contributed by atoms with Crippen LogP contribution >= 0.6 is 11.6 Å². The summed E-state index contributed by atoms with van der Waals surface area (Å²) in [5.41, 5.74) is 8.17. The monoisotopic (exact) mass is 281 g/mol. The van der Waals surface area contributed by atoms with Crippen LogP contribution in [0.4, 0.5) is 5.69 Å². The quantitative estimate of drug-likeness (QED) is 0.919. The molecular weight excluding hydrogens is 258 g/mol. The van der Waals surface area contributed by atoms with Gasteiger partial charge in [0.05, 0.1) is 0 Å². The predicted molar refractivity (Wildman–Crippen MR) is 83.1 cm³/mol. The maximum absolute atomic E-state index is 6.33. The molecule has 0 aromatic heterocycles. The second-order valence-electron chi connectivity index (χ2n) is 5.69. The summed E-state index contributed by atoms with van der Waals surface area (Å²) in [5, 5.41) is 0.837. The van der Waals surface area contributed by atoms with Crippen molar-refractivity contribution in [2.75, 3.05) is 38.6 Å². The van der Waals surface area contributed by atoms with E-state index in [1.807, 2.05) is 12.1 Å². The molecule has 1 saturated heterocycles. The lowest BCUT2D eigenvalue weighted by atomic mass is 10.1. The van der Waals surface area contributed by atoms with Gasteiger partial charge in [-0.3, -0.25) is 0 Å². The smallest absolute Gasteiger partial charge is 0.0459 e. The van der Waals surface area contributed by atoms with E-state index in [9.17, 15) is 0 Å². The summed E-state index contributed by atoms with van der Waals surface area (Å²) in [4.78, 5) is 4.77. The van der Waals surface area contributed by atoms with Crippen LogP contribution < -0.4 is 10.6 Å². The van der Waals surface area contributed by atoms with E-state index in [-0.39, 0.29) is 0 Å². The van der Waals surface area contributed by atoms with Crippen molar-refractivity contribution in [2.24, 2.45) is 11.7 Å². The van der Waals surface area contributed by atoms with E-state index in [2.05, 4.69) is 36.9 Å². The largest absolute Gasteiger partial charge is 0.369 e. The summed E-state index contributed by atoms with van der Waals surface area (Å²) in [6, 6.07) is 6.76. The van der Waals surface area contributed by atoms with Crippen LogP contribution in [0, 0.1) is 5.92 Å². The van der Waals surface area contributed by atoms with Crippen LogP contribution in [0.2, 0.25) is 5.02 Å². The Kier molecular flexibility index (Phi) is 4.71. The topological polar surface area (TPSA) is 32.5 Å². The lowest BCUT2D eigenvalue weighted by molar-refractivity contribution is 0.266. The molecule has 106 valence electrons. The minimum absolute atomic E-state index is 0.602. The SMILES string of the molecule is CC1CN(c2cccc(Cl)c2CCN)CC1N(C)C. The van der Waals surface area contributed by atoms with E-state index in [1.165, 1.54) is 11.3 Å². The normalized spacial score (nSPS) is 23.4. The molecule has 0 radical (unpaired) electrons. The number of nitrogens with two attached hydrogens (primary N) is 1. The Balaban J connectivity index is 2.26. The summed E-state index contributed by atoms with van der Waals surface area (Å²) in [6.07, 6.45) is 0.840. The first-order valence-electron chi connectivity index (χ1n) is 6.93. The molecule has 1 fully saturated rings. The fraction of sp³-hybridized carbons (Fsp3) is 0.600. The maximum atomic E-state index is 6.33. The summed E-state index contributed by atoms with van der Waals surface area (Å²) in [5.74, 6) is 0.666. The van der Waals surface area contributed by atoms with Crippen molar-refractivity contribution >= 4 is 17.3 Å². The third-order valence-corrected chi connectivity index (χ3v) is 4.42. The number of hydrogen-bond donors (Lipinski definition) is 1. The molecular formula is C15H24ClN3. The van der Waals surface area contributed by atoms with Crippen molar-refractivity contribution in [1.82, 2.24) is 4.90 Å². The van der Waals surface area contributed by atoms with Gasteiger partial charge in [-0.2, -0.15) is 0 Å². The third-order valence-electron chi connectivity index (χ3n) is 4.07. The molecule has 0 saturated carbocycles. The van der Waals surface area contributed by atoms with E-state index >= 15 is 0 Å². The zero-order chi connectivity index (χ0) is 14.0. The molecule has 0 spiro atoms. The number of hydrogen-bond acceptors (Lipinski definition) is 3. The fourth-order valence-electron chi connectivity index (χ4n) is 3.05. The van der Waals surface area contributed by atoms with Gasteiger partial charge in [0.25, 0.3) is 0 Å². The molecule has 19 heavy (non-hydrogen) atoms. The zero-order valence-electron chi connectivity index (χ0n) is 12.1. The summed E-state index contributed by atoms with van der Waals surface area (Å²) in [7, 11) is 4.31. The Morgan fingerprint density at radius 1 is 1.37 bits per heavy atom. The van der Waals surface area contributed by atoms with Crippen molar-refractivity contribution in [2.45, 2.75) is 19.4 Å². The highest BCUT2D eigenvalue weighted by atomic mass is 35.5. The van der Waals surface area contributed by atoms with Gasteiger partial charge in [-0.05, 0) is 50.7 Å². The first kappa shape index (κ1) is 14.6. The lowest BCUT2D eigenvalue weighted by Gasteiger charge is -2.24. The molecule has 2 N–H and O–H groups in total. The molecule has 2 rings (SSSR count). The molecule has 0 bridgehead atoms. The van der Waals surface area contributed by atoms with Gasteiger partial charge >= 0.3 is 0 Å². The second kappa shape index (κ2) is 6.12. The van der Waals surface area contributed by atoms with Gasteiger partial charge in [-0.1, -0.05) is 24.6 Å². The zero-order valence-corrected chi connectivity index (χ0v) is 12.8. The van der Waals surface area contributed by atoms with Crippen molar-refractivity contribution in [3.05, 3.63) is 28.8 Å². The number of anilines is 1. The highest BCUT2D eigenvalue weighted by Crippen LogP contribution is 2.32. The van der Waals surface area contributed by atoms with Crippen molar-refractivity contribution in [3.63, 3.8) is 0 Å². The minimum Gasteiger partial charge on any atom is -0.369 e. The molecule has 0 amide bonds. The summed E-state index contributed by atoms with van der Waals surface area (Å²) in [6.45, 7) is 5.10. The summed E-state index contributed by atoms with van der Waals surface area (Å²) < 4.78 is 0. The molecule has 1 aromatic rings. The molecule has 3 nitrogen and oxygen atoms in total. The van der Waals surface area contributed by atoms with E-state index in [0.717, 1.165) is 24.5 Å². The predicted octanol–water partition coefficient (Wildman–Crippen LogP) is 2.23. The third kappa shape index (κ3) is 3.04. The van der Waals surface area contributed by atoms with Gasteiger partial charge in [-0.25, -0.2) is 0 Å². The van der Waals surface area contributed by atoms with Crippen molar-refractivity contribution < 1.29 is 0 Å². The number of halogens is 1. The summed E-state index contributed by atoms with van der Waals surface area (Å²) >= 11 is 6.33. The van der Waals surface area contributed by atoms with Gasteiger partial charge in [0.1, 0.15) is 0 Å². The van der Waals surface area contributed by atoms with Gasteiger partial charge < -0.3 is 15.5 Å². The Hall–Kier alpha value is -0.770. The Morgan fingerprint density at radius 3 is 2.68 bits per heavy atom. The number of rotatable bonds is 4. The Bertz CT molecular complexity index is 433. The van der Waals surface area contributed by atoms with Gasteiger partial charge in [0.15, 0.2) is 0 Å². The van der Waals surface area contributed by atoms with Crippen molar-refractivity contribution in [3.8, 4) is 0 Å². The number of nitrogens with zero attached hydrogens (tertiary/aromatic N) is 2. The highest BCUT2D eigenvalue weighted by Gasteiger charge is 2.32. The maximum Gasteiger partial charge on any atom is 0.0459 e. The van der Waals surface area contributed by atoms with Crippen molar-refractivity contribution in [1.29, 1.82) is 0 Å². The average Bonchev–Trinajstić information content (AvgIpc) is 2.74. The molecule has 2 unspecified atom stereocenters. The van der Waals surface area contributed by atoms with E-state index in [0.29, 0.717) is 18.5 Å². The molecule has 1 aromatic carbocycles. The molecule has 2 atom stereocenters. The standard InChI is InChI=1S/C15H24ClN3/c1-11-9-19(10-15(11)18(2)3)14-6-4-5-13(16)12(14)7-8-17/h4-6,11,15H,7-10,17H2,1-3H3. The second-order valence-corrected chi connectivity index (χ2v) is 6.10. The fourth-order valence-corrected chi connectivity index (χ4v) is 3.32. The first-order chi connectivity index (χ1) is 9.04. The van der Waals surface area contributed by atoms with Crippen LogP contribution in [0.15, 0.2) is 18.2 Å². The first-order valence-corrected chi connectivity index (χ1v) is 7.31. The van der Waals surface area contributed by atoms with Gasteiger partial charge in [0, 0.05) is 29.8 Å². The van der Waals surface area contributed by atoms with Gasteiger partial charge in [0.2, 0.25) is 0 Å². The molecule has 1 aliphatic heterocycles. The Labute approximate surface area is 121 Å². The molecule has 0 aliphatic carbocycles. The van der Waals surface area contributed by atoms with Crippen LogP contribution in [0.1, 0.15) is 12.5 Å². The Morgan fingerprint density at radius 2 is 2.11 bits per heavy atom. The average molecular weight is 282 g/mol. The van der Waals surface area contributed by atoms with E-state index in [4.69, 9.17) is 17.3 Å². The minimum atomic E-state index is 0.602. The molecule has 4 heteroatoms. The molecule has 1 heterocycles. The molecule has 1 aliphatic rings. The van der Waals surface area contributed by atoms with E-state index < -0.39 is 0 Å². The highest BCUT2D eigenvalue weighted by molar-refractivity contribution is 6.31. The number of benzene rings is 1. The van der Waals surface area contributed by atoms with Crippen LogP contribution in [-0.2, 0) is 6.42 Å². The van der Waals surface area contributed by atoms with E-state index in [1.54, 1.807) is 0 Å². The van der Waals surface area contributed by atoms with Gasteiger partial charge in [-0.15, -0.1) is 0 Å². The van der Waals surface area contributed by atoms with Crippen LogP contribution in [0.25, 0.3) is 0 Å². The lowest BCUT2D eigenvalue weighted by Crippen LogP contribution is -2.34. The van der Waals surface area contributed by atoms with Crippen LogP contribution in [0.3, 0.4) is 0 Å².